The lowest BCUT2D eigenvalue weighted by molar-refractivity contribution is -0.157. The topological polar surface area (TPSA) is 62.3 Å². The van der Waals surface area contributed by atoms with Crippen molar-refractivity contribution in [3.63, 3.8) is 0 Å². The van der Waals surface area contributed by atoms with Gasteiger partial charge in [0.05, 0.1) is 12.1 Å². The molecule has 0 saturated carbocycles. The minimum atomic E-state index is -4.50. The molecule has 1 N–H and O–H groups in total. The largest absolute Gasteiger partial charge is 0.406 e. The van der Waals surface area contributed by atoms with E-state index in [4.69, 9.17) is 0 Å². The molecule has 0 radical (unpaired) electrons. The third kappa shape index (κ3) is 4.14. The zero-order valence-electron chi connectivity index (χ0n) is 10.7. The average Bonchev–Trinajstić information content (AvgIpc) is 2.72. The van der Waals surface area contributed by atoms with Gasteiger partial charge in [0.1, 0.15) is 18.2 Å². The predicted molar refractivity (Wildman–Crippen MR) is 63.6 cm³/mol. The SMILES string of the molecule is O=C(Nc1ccc(F)cn1)C1CC(=O)N(CC(F)(F)F)C1. The zero-order valence-corrected chi connectivity index (χ0v) is 10.7. The number of nitrogens with one attached hydrogen (secondary N) is 1. The van der Waals surface area contributed by atoms with Crippen LogP contribution in [-0.4, -0.2) is 41.0 Å². The number of anilines is 1. The zero-order chi connectivity index (χ0) is 15.6. The van der Waals surface area contributed by atoms with Crippen LogP contribution < -0.4 is 5.32 Å². The van der Waals surface area contributed by atoms with Crippen LogP contribution >= 0.6 is 0 Å². The number of nitrogens with zero attached hydrogens (tertiary/aromatic N) is 2. The van der Waals surface area contributed by atoms with Gasteiger partial charge in [-0.2, -0.15) is 13.2 Å². The van der Waals surface area contributed by atoms with Gasteiger partial charge in [-0.3, -0.25) is 9.59 Å². The maximum absolute atomic E-state index is 12.7. The molecule has 0 aromatic carbocycles. The van der Waals surface area contributed by atoms with Crippen LogP contribution in [0.25, 0.3) is 0 Å². The Kier molecular flexibility index (Phi) is 4.10. The second-order valence-electron chi connectivity index (χ2n) is 4.64. The van der Waals surface area contributed by atoms with E-state index in [0.29, 0.717) is 4.90 Å². The van der Waals surface area contributed by atoms with Crippen LogP contribution in [-0.2, 0) is 9.59 Å². The molecule has 5 nitrogen and oxygen atoms in total. The van der Waals surface area contributed by atoms with Crippen molar-refractivity contribution in [1.82, 2.24) is 9.88 Å². The lowest BCUT2D eigenvalue weighted by atomic mass is 10.1. The quantitative estimate of drug-likeness (QED) is 0.862. The number of alkyl halides is 3. The molecule has 1 aromatic rings. The van der Waals surface area contributed by atoms with E-state index in [1.54, 1.807) is 0 Å². The maximum atomic E-state index is 12.7. The summed E-state index contributed by atoms with van der Waals surface area (Å²) in [5.41, 5.74) is 0. The van der Waals surface area contributed by atoms with Gasteiger partial charge in [0.2, 0.25) is 11.8 Å². The number of likely N-dealkylation sites (tertiary alicyclic amines) is 1. The molecule has 1 fully saturated rings. The lowest BCUT2D eigenvalue weighted by Gasteiger charge is -2.18. The first kappa shape index (κ1) is 15.2. The monoisotopic (exact) mass is 305 g/mol. The molecule has 0 spiro atoms. The Hall–Kier alpha value is -2.19. The number of carbonyl (C=O) groups excluding carboxylic acids is 2. The van der Waals surface area contributed by atoms with E-state index in [0.717, 1.165) is 12.3 Å². The van der Waals surface area contributed by atoms with Crippen molar-refractivity contribution in [3.8, 4) is 0 Å². The van der Waals surface area contributed by atoms with E-state index in [9.17, 15) is 27.2 Å². The molecule has 0 bridgehead atoms. The first-order valence-electron chi connectivity index (χ1n) is 6.01. The highest BCUT2D eigenvalue weighted by Crippen LogP contribution is 2.24. The van der Waals surface area contributed by atoms with Gasteiger partial charge < -0.3 is 10.2 Å². The Bertz CT molecular complexity index is 544. The van der Waals surface area contributed by atoms with E-state index in [1.165, 1.54) is 6.07 Å². The number of aromatic nitrogens is 1. The van der Waals surface area contributed by atoms with Crippen LogP contribution in [0.3, 0.4) is 0 Å². The van der Waals surface area contributed by atoms with Crippen LogP contribution in [0, 0.1) is 11.7 Å². The molecule has 21 heavy (non-hydrogen) atoms. The molecule has 1 saturated heterocycles. The van der Waals surface area contributed by atoms with Crippen LogP contribution in [0.5, 0.6) is 0 Å². The minimum Gasteiger partial charge on any atom is -0.333 e. The number of hydrogen-bond donors (Lipinski definition) is 1. The fourth-order valence-corrected chi connectivity index (χ4v) is 2.00. The molecule has 1 atom stereocenters. The summed E-state index contributed by atoms with van der Waals surface area (Å²) < 4.78 is 49.4. The van der Waals surface area contributed by atoms with Gasteiger partial charge in [0.15, 0.2) is 0 Å². The van der Waals surface area contributed by atoms with Crippen molar-refractivity contribution in [2.75, 3.05) is 18.4 Å². The van der Waals surface area contributed by atoms with Crippen molar-refractivity contribution >= 4 is 17.6 Å². The Balaban J connectivity index is 1.95. The molecule has 2 amide bonds. The van der Waals surface area contributed by atoms with Crippen molar-refractivity contribution in [1.29, 1.82) is 0 Å². The Labute approximate surface area is 116 Å². The van der Waals surface area contributed by atoms with Gasteiger partial charge in [-0.1, -0.05) is 0 Å². The first-order chi connectivity index (χ1) is 9.74. The minimum absolute atomic E-state index is 0.0723. The van der Waals surface area contributed by atoms with Crippen LogP contribution in [0.1, 0.15) is 6.42 Å². The van der Waals surface area contributed by atoms with Crippen LogP contribution in [0.15, 0.2) is 18.3 Å². The van der Waals surface area contributed by atoms with E-state index >= 15 is 0 Å². The molecule has 2 heterocycles. The van der Waals surface area contributed by atoms with Crippen molar-refractivity contribution < 1.29 is 27.2 Å². The standard InChI is InChI=1S/C12H11F4N3O2/c13-8-1-2-9(17-4-8)18-11(21)7-3-10(20)19(5-7)6-12(14,15)16/h1-2,4,7H,3,5-6H2,(H,17,18,21). The fraction of sp³-hybridized carbons (Fsp3) is 0.417. The Morgan fingerprint density at radius 3 is 2.71 bits per heavy atom. The summed E-state index contributed by atoms with van der Waals surface area (Å²) in [6, 6.07) is 2.30. The lowest BCUT2D eigenvalue weighted by Crippen LogP contribution is -2.36. The number of amides is 2. The molecule has 1 aromatic heterocycles. The summed E-state index contributed by atoms with van der Waals surface area (Å²) in [5.74, 6) is -2.73. The van der Waals surface area contributed by atoms with Crippen LogP contribution in [0.2, 0.25) is 0 Å². The van der Waals surface area contributed by atoms with E-state index in [1.807, 2.05) is 0 Å². The molecule has 2 rings (SSSR count). The van der Waals surface area contributed by atoms with Gasteiger partial charge in [-0.25, -0.2) is 9.37 Å². The molecular formula is C12H11F4N3O2. The highest BCUT2D eigenvalue weighted by atomic mass is 19.4. The summed E-state index contributed by atoms with van der Waals surface area (Å²) in [6.07, 6.45) is -3.89. The summed E-state index contributed by atoms with van der Waals surface area (Å²) in [4.78, 5) is 27.5. The highest BCUT2D eigenvalue weighted by molar-refractivity contribution is 5.96. The molecule has 1 unspecified atom stereocenters. The normalized spacial score (nSPS) is 19.0. The third-order valence-electron chi connectivity index (χ3n) is 2.93. The highest BCUT2D eigenvalue weighted by Gasteiger charge is 2.40. The van der Waals surface area contributed by atoms with E-state index < -0.39 is 36.3 Å². The fourth-order valence-electron chi connectivity index (χ4n) is 2.00. The number of rotatable bonds is 3. The Morgan fingerprint density at radius 2 is 2.14 bits per heavy atom. The first-order valence-corrected chi connectivity index (χ1v) is 6.01. The summed E-state index contributed by atoms with van der Waals surface area (Å²) in [6.45, 7) is -1.67. The van der Waals surface area contributed by atoms with E-state index in [-0.39, 0.29) is 18.8 Å². The smallest absolute Gasteiger partial charge is 0.333 e. The molecule has 1 aliphatic rings. The molecule has 0 aliphatic carbocycles. The molecule has 9 heteroatoms. The molecule has 114 valence electrons. The van der Waals surface area contributed by atoms with E-state index in [2.05, 4.69) is 10.3 Å². The number of pyridine rings is 1. The third-order valence-corrected chi connectivity index (χ3v) is 2.93. The van der Waals surface area contributed by atoms with Gasteiger partial charge in [-0.15, -0.1) is 0 Å². The average molecular weight is 305 g/mol. The summed E-state index contributed by atoms with van der Waals surface area (Å²) in [7, 11) is 0. The van der Waals surface area contributed by atoms with Crippen molar-refractivity contribution in [2.45, 2.75) is 12.6 Å². The summed E-state index contributed by atoms with van der Waals surface area (Å²) in [5, 5.41) is 2.34. The summed E-state index contributed by atoms with van der Waals surface area (Å²) >= 11 is 0. The number of halogens is 4. The predicted octanol–water partition coefficient (Wildman–Crippen LogP) is 1.57. The van der Waals surface area contributed by atoms with Gasteiger partial charge in [0, 0.05) is 13.0 Å². The molecule has 1 aliphatic heterocycles. The second-order valence-corrected chi connectivity index (χ2v) is 4.64. The van der Waals surface area contributed by atoms with Gasteiger partial charge >= 0.3 is 6.18 Å². The second kappa shape index (κ2) is 5.66. The number of hydrogen-bond acceptors (Lipinski definition) is 3. The van der Waals surface area contributed by atoms with Crippen molar-refractivity contribution in [2.24, 2.45) is 5.92 Å². The number of carbonyl (C=O) groups is 2. The van der Waals surface area contributed by atoms with Crippen LogP contribution in [0.4, 0.5) is 23.4 Å². The van der Waals surface area contributed by atoms with Gasteiger partial charge in [-0.05, 0) is 12.1 Å². The Morgan fingerprint density at radius 1 is 1.43 bits per heavy atom. The van der Waals surface area contributed by atoms with Gasteiger partial charge in [0.25, 0.3) is 0 Å². The van der Waals surface area contributed by atoms with Crippen molar-refractivity contribution in [3.05, 3.63) is 24.1 Å². The maximum Gasteiger partial charge on any atom is 0.406 e. The molecular weight excluding hydrogens is 294 g/mol.